The van der Waals surface area contributed by atoms with Gasteiger partial charge in [0.1, 0.15) is 5.75 Å². The maximum absolute atomic E-state index is 11.8. The van der Waals surface area contributed by atoms with Crippen LogP contribution in [0.25, 0.3) is 0 Å². The summed E-state index contributed by atoms with van der Waals surface area (Å²) < 4.78 is 5.29. The maximum atomic E-state index is 11.8. The van der Waals surface area contributed by atoms with Crippen molar-refractivity contribution in [2.75, 3.05) is 31.6 Å². The number of aryl methyl sites for hydroxylation is 1. The van der Waals surface area contributed by atoms with Gasteiger partial charge < -0.3 is 15.0 Å². The van der Waals surface area contributed by atoms with Gasteiger partial charge in [-0.1, -0.05) is 6.92 Å². The average Bonchev–Trinajstić information content (AvgIpc) is 2.38. The lowest BCUT2D eigenvalue weighted by Crippen LogP contribution is -2.48. The Kier molecular flexibility index (Phi) is 3.64. The third-order valence-corrected chi connectivity index (χ3v) is 3.05. The van der Waals surface area contributed by atoms with Crippen LogP contribution in [0.1, 0.15) is 12.5 Å². The standard InChI is InChI=1S/C13H18N2O2/c1-3-10-8-11(4-5-12(10)17-2)15-7-6-14-9-13(15)16/h4-5,8,14H,3,6-7,9H2,1-2H3. The molecule has 2 rings (SSSR count). The molecule has 0 aliphatic carbocycles. The molecule has 0 saturated carbocycles. The number of rotatable bonds is 3. The molecular weight excluding hydrogens is 216 g/mol. The highest BCUT2D eigenvalue weighted by atomic mass is 16.5. The van der Waals surface area contributed by atoms with Crippen molar-refractivity contribution in [2.45, 2.75) is 13.3 Å². The van der Waals surface area contributed by atoms with Crippen molar-refractivity contribution in [3.05, 3.63) is 23.8 Å². The Balaban J connectivity index is 2.29. The topological polar surface area (TPSA) is 41.6 Å². The molecule has 1 aliphatic rings. The number of piperazine rings is 1. The van der Waals surface area contributed by atoms with Crippen LogP contribution in [-0.4, -0.2) is 32.7 Å². The van der Waals surface area contributed by atoms with Gasteiger partial charge in [-0.25, -0.2) is 0 Å². The van der Waals surface area contributed by atoms with Crippen LogP contribution < -0.4 is 15.0 Å². The van der Waals surface area contributed by atoms with Gasteiger partial charge in [0, 0.05) is 18.8 Å². The number of amides is 1. The van der Waals surface area contributed by atoms with Gasteiger partial charge in [0.2, 0.25) is 5.91 Å². The van der Waals surface area contributed by atoms with Crippen molar-refractivity contribution in [3.63, 3.8) is 0 Å². The molecule has 1 amide bonds. The SMILES string of the molecule is CCc1cc(N2CCNCC2=O)ccc1OC. The molecule has 0 aromatic heterocycles. The summed E-state index contributed by atoms with van der Waals surface area (Å²) in [5.74, 6) is 1.02. The van der Waals surface area contributed by atoms with E-state index in [0.29, 0.717) is 6.54 Å². The molecule has 1 N–H and O–H groups in total. The molecule has 0 spiro atoms. The molecule has 0 bridgehead atoms. The monoisotopic (exact) mass is 234 g/mol. The molecule has 1 aromatic carbocycles. The quantitative estimate of drug-likeness (QED) is 0.854. The summed E-state index contributed by atoms with van der Waals surface area (Å²) >= 11 is 0. The third-order valence-electron chi connectivity index (χ3n) is 3.05. The van der Waals surface area contributed by atoms with Crippen LogP contribution in [0, 0.1) is 0 Å². The first kappa shape index (κ1) is 11.9. The fourth-order valence-electron chi connectivity index (χ4n) is 2.09. The zero-order valence-electron chi connectivity index (χ0n) is 10.3. The van der Waals surface area contributed by atoms with E-state index in [0.717, 1.165) is 36.5 Å². The summed E-state index contributed by atoms with van der Waals surface area (Å²) in [4.78, 5) is 13.6. The van der Waals surface area contributed by atoms with Crippen molar-refractivity contribution in [2.24, 2.45) is 0 Å². The van der Waals surface area contributed by atoms with E-state index in [1.165, 1.54) is 0 Å². The Morgan fingerprint density at radius 3 is 2.94 bits per heavy atom. The van der Waals surface area contributed by atoms with Gasteiger partial charge in [-0.15, -0.1) is 0 Å². The highest BCUT2D eigenvalue weighted by molar-refractivity contribution is 5.95. The van der Waals surface area contributed by atoms with Gasteiger partial charge in [0.25, 0.3) is 0 Å². The van der Waals surface area contributed by atoms with Crippen LogP contribution in [0.3, 0.4) is 0 Å². The van der Waals surface area contributed by atoms with E-state index in [1.54, 1.807) is 7.11 Å². The van der Waals surface area contributed by atoms with Gasteiger partial charge in [0.05, 0.1) is 13.7 Å². The molecule has 1 fully saturated rings. The maximum Gasteiger partial charge on any atom is 0.240 e. The van der Waals surface area contributed by atoms with E-state index < -0.39 is 0 Å². The number of nitrogens with zero attached hydrogens (tertiary/aromatic N) is 1. The predicted molar refractivity (Wildman–Crippen MR) is 67.6 cm³/mol. The number of anilines is 1. The Morgan fingerprint density at radius 1 is 1.47 bits per heavy atom. The van der Waals surface area contributed by atoms with Crippen molar-refractivity contribution in [3.8, 4) is 5.75 Å². The minimum Gasteiger partial charge on any atom is -0.496 e. The van der Waals surface area contributed by atoms with Gasteiger partial charge in [-0.05, 0) is 30.2 Å². The van der Waals surface area contributed by atoms with Gasteiger partial charge in [-0.2, -0.15) is 0 Å². The normalized spacial score (nSPS) is 16.1. The number of nitrogens with one attached hydrogen (secondary N) is 1. The minimum absolute atomic E-state index is 0.128. The first-order valence-corrected chi connectivity index (χ1v) is 5.94. The van der Waals surface area contributed by atoms with Crippen molar-refractivity contribution in [1.29, 1.82) is 0 Å². The predicted octanol–water partition coefficient (Wildman–Crippen LogP) is 1.19. The third kappa shape index (κ3) is 2.42. The zero-order chi connectivity index (χ0) is 12.3. The Labute approximate surface area is 102 Å². The van der Waals surface area contributed by atoms with Crippen LogP contribution in [0.5, 0.6) is 5.75 Å². The van der Waals surface area contributed by atoms with Crippen LogP contribution in [0.15, 0.2) is 18.2 Å². The zero-order valence-corrected chi connectivity index (χ0v) is 10.3. The molecule has 1 aliphatic heterocycles. The molecule has 0 radical (unpaired) electrons. The first-order valence-electron chi connectivity index (χ1n) is 5.94. The van der Waals surface area contributed by atoms with E-state index in [9.17, 15) is 4.79 Å². The van der Waals surface area contributed by atoms with Crippen LogP contribution in [0.4, 0.5) is 5.69 Å². The fourth-order valence-corrected chi connectivity index (χ4v) is 2.09. The highest BCUT2D eigenvalue weighted by Crippen LogP contribution is 2.25. The van der Waals surface area contributed by atoms with E-state index in [1.807, 2.05) is 23.1 Å². The van der Waals surface area contributed by atoms with Crippen LogP contribution >= 0.6 is 0 Å². The minimum atomic E-state index is 0.128. The van der Waals surface area contributed by atoms with E-state index in [-0.39, 0.29) is 5.91 Å². The van der Waals surface area contributed by atoms with Gasteiger partial charge in [0.15, 0.2) is 0 Å². The largest absolute Gasteiger partial charge is 0.496 e. The average molecular weight is 234 g/mol. The number of benzene rings is 1. The second-order valence-corrected chi connectivity index (χ2v) is 4.07. The fraction of sp³-hybridized carbons (Fsp3) is 0.462. The summed E-state index contributed by atoms with van der Waals surface area (Å²) in [6.45, 7) is 4.09. The Hall–Kier alpha value is -1.55. The van der Waals surface area contributed by atoms with E-state index >= 15 is 0 Å². The van der Waals surface area contributed by atoms with E-state index in [4.69, 9.17) is 4.74 Å². The van der Waals surface area contributed by atoms with E-state index in [2.05, 4.69) is 12.2 Å². The number of ether oxygens (including phenoxy) is 1. The summed E-state index contributed by atoms with van der Waals surface area (Å²) in [5, 5.41) is 3.07. The molecule has 1 heterocycles. The molecule has 4 nitrogen and oxygen atoms in total. The second kappa shape index (κ2) is 5.19. The van der Waals surface area contributed by atoms with Crippen LogP contribution in [0.2, 0.25) is 0 Å². The summed E-state index contributed by atoms with van der Waals surface area (Å²) in [5.41, 5.74) is 2.10. The summed E-state index contributed by atoms with van der Waals surface area (Å²) in [7, 11) is 1.67. The molecule has 17 heavy (non-hydrogen) atoms. The molecule has 1 aromatic rings. The van der Waals surface area contributed by atoms with Crippen molar-refractivity contribution < 1.29 is 9.53 Å². The van der Waals surface area contributed by atoms with Crippen LogP contribution in [-0.2, 0) is 11.2 Å². The summed E-state index contributed by atoms with van der Waals surface area (Å²) in [6, 6.07) is 5.92. The molecule has 4 heteroatoms. The highest BCUT2D eigenvalue weighted by Gasteiger charge is 2.19. The lowest BCUT2D eigenvalue weighted by Gasteiger charge is -2.28. The number of hydrogen-bond donors (Lipinski definition) is 1. The van der Waals surface area contributed by atoms with Gasteiger partial charge >= 0.3 is 0 Å². The second-order valence-electron chi connectivity index (χ2n) is 4.07. The molecular formula is C13H18N2O2. The molecule has 0 unspecified atom stereocenters. The molecule has 92 valence electrons. The molecule has 1 saturated heterocycles. The lowest BCUT2D eigenvalue weighted by atomic mass is 10.1. The Bertz CT molecular complexity index is 418. The number of methoxy groups -OCH3 is 1. The number of carbonyl (C=O) groups is 1. The molecule has 0 atom stereocenters. The number of carbonyl (C=O) groups excluding carboxylic acids is 1. The summed E-state index contributed by atoms with van der Waals surface area (Å²) in [6.07, 6.45) is 0.900. The van der Waals surface area contributed by atoms with Gasteiger partial charge in [-0.3, -0.25) is 4.79 Å². The smallest absolute Gasteiger partial charge is 0.240 e. The van der Waals surface area contributed by atoms with Crippen molar-refractivity contribution >= 4 is 11.6 Å². The first-order chi connectivity index (χ1) is 8.26. The number of hydrogen-bond acceptors (Lipinski definition) is 3. The lowest BCUT2D eigenvalue weighted by molar-refractivity contribution is -0.118. The Morgan fingerprint density at radius 2 is 2.29 bits per heavy atom. The van der Waals surface area contributed by atoms with Crippen molar-refractivity contribution in [1.82, 2.24) is 5.32 Å².